The zero-order chi connectivity index (χ0) is 30.3. The first-order valence-electron chi connectivity index (χ1n) is 13.3. The fraction of sp³-hybridized carbons (Fsp3) is 0.552. The van der Waals surface area contributed by atoms with Crippen molar-refractivity contribution >= 4 is 35.7 Å². The maximum Gasteiger partial charge on any atom is 0.407 e. The van der Waals surface area contributed by atoms with Gasteiger partial charge < -0.3 is 25.4 Å². The van der Waals surface area contributed by atoms with E-state index in [4.69, 9.17) is 15.2 Å². The average Bonchev–Trinajstić information content (AvgIpc) is 2.79. The Bertz CT molecular complexity index is 1220. The number of benzene rings is 1. The predicted molar refractivity (Wildman–Crippen MR) is 158 cm³/mol. The van der Waals surface area contributed by atoms with Gasteiger partial charge in [0.15, 0.2) is 0 Å². The molecular weight excluding hydrogens is 530 g/mol. The molecule has 0 radical (unpaired) electrons. The van der Waals surface area contributed by atoms with E-state index in [1.54, 1.807) is 38.8 Å². The van der Waals surface area contributed by atoms with Crippen LogP contribution in [0.3, 0.4) is 0 Å². The molecule has 0 spiro atoms. The molecule has 0 aliphatic carbocycles. The Labute approximate surface area is 241 Å². The third-order valence-corrected chi connectivity index (χ3v) is 6.42. The summed E-state index contributed by atoms with van der Waals surface area (Å²) in [6, 6.07) is 5.56. The number of alkyl carbamates (subject to hydrolysis) is 1. The highest BCUT2D eigenvalue weighted by atomic mass is 32.2. The Kier molecular flexibility index (Phi) is 11.4. The molecular formula is C29H43N5O5S. The molecule has 11 heteroatoms. The van der Waals surface area contributed by atoms with Crippen LogP contribution >= 0.6 is 11.8 Å². The second-order valence-electron chi connectivity index (χ2n) is 11.6. The molecule has 0 fully saturated rings. The Morgan fingerprint density at radius 2 is 1.62 bits per heavy atom. The first kappa shape index (κ1) is 32.9. The number of nitrogens with two attached hydrogens (primary N) is 1. The van der Waals surface area contributed by atoms with E-state index in [9.17, 15) is 14.4 Å². The van der Waals surface area contributed by atoms with Gasteiger partial charge in [-0.2, -0.15) is 0 Å². The van der Waals surface area contributed by atoms with Crippen molar-refractivity contribution in [1.82, 2.24) is 20.2 Å². The lowest BCUT2D eigenvalue weighted by Crippen LogP contribution is -2.34. The molecule has 0 bridgehead atoms. The van der Waals surface area contributed by atoms with Gasteiger partial charge in [-0.15, -0.1) is 11.8 Å². The fourth-order valence-corrected chi connectivity index (χ4v) is 4.61. The zero-order valence-corrected chi connectivity index (χ0v) is 26.0. The molecule has 3 N–H and O–H groups in total. The van der Waals surface area contributed by atoms with Crippen LogP contribution in [-0.2, 0) is 14.3 Å². The molecule has 0 unspecified atom stereocenters. The van der Waals surface area contributed by atoms with Crippen molar-refractivity contribution in [2.24, 2.45) is 0 Å². The number of carbonyl (C=O) groups is 3. The number of rotatable bonds is 10. The molecule has 220 valence electrons. The number of hydrogen-bond donors (Lipinski definition) is 2. The molecule has 1 aromatic carbocycles. The second-order valence-corrected chi connectivity index (χ2v) is 12.7. The molecule has 0 saturated carbocycles. The van der Waals surface area contributed by atoms with Crippen molar-refractivity contribution in [2.75, 3.05) is 31.6 Å². The number of aryl methyl sites for hydroxylation is 2. The van der Waals surface area contributed by atoms with Crippen molar-refractivity contribution in [2.45, 2.75) is 84.5 Å². The summed E-state index contributed by atoms with van der Waals surface area (Å²) >= 11 is 1.46. The van der Waals surface area contributed by atoms with Gasteiger partial charge in [-0.05, 0) is 85.1 Å². The van der Waals surface area contributed by atoms with Crippen molar-refractivity contribution in [3.8, 4) is 11.3 Å². The van der Waals surface area contributed by atoms with Crippen LogP contribution in [0.25, 0.3) is 11.3 Å². The minimum atomic E-state index is -0.608. The Morgan fingerprint density at radius 1 is 0.975 bits per heavy atom. The summed E-state index contributed by atoms with van der Waals surface area (Å²) in [4.78, 5) is 47.4. The third kappa shape index (κ3) is 11.0. The number of esters is 1. The Hall–Kier alpha value is -3.34. The number of thioether (sulfide) groups is 1. The number of ether oxygens (including phenoxy) is 2. The first-order chi connectivity index (χ1) is 18.4. The summed E-state index contributed by atoms with van der Waals surface area (Å²) < 4.78 is 10.8. The van der Waals surface area contributed by atoms with Crippen LogP contribution in [0.1, 0.15) is 75.9 Å². The molecule has 0 aliphatic heterocycles. The number of anilines is 1. The summed E-state index contributed by atoms with van der Waals surface area (Å²) in [6.45, 7) is 15.6. The van der Waals surface area contributed by atoms with Crippen LogP contribution in [0.4, 0.5) is 10.7 Å². The molecule has 2 rings (SSSR count). The molecule has 10 nitrogen and oxygen atoms in total. The molecule has 2 amide bonds. The van der Waals surface area contributed by atoms with E-state index in [0.717, 1.165) is 16.7 Å². The Morgan fingerprint density at radius 3 is 2.25 bits per heavy atom. The summed E-state index contributed by atoms with van der Waals surface area (Å²) in [5, 5.41) is 3.33. The summed E-state index contributed by atoms with van der Waals surface area (Å²) in [6.07, 6.45) is 0.340. The van der Waals surface area contributed by atoms with E-state index in [2.05, 4.69) is 15.3 Å². The molecule has 1 aromatic heterocycles. The van der Waals surface area contributed by atoms with E-state index in [-0.39, 0.29) is 11.9 Å². The number of nitrogens with zero attached hydrogens (tertiary/aromatic N) is 3. The zero-order valence-electron chi connectivity index (χ0n) is 25.1. The van der Waals surface area contributed by atoms with Gasteiger partial charge >= 0.3 is 12.1 Å². The second kappa shape index (κ2) is 13.8. The number of nitrogens with one attached hydrogen (secondary N) is 1. The van der Waals surface area contributed by atoms with Gasteiger partial charge in [-0.25, -0.2) is 19.6 Å². The standard InChI is InChI=1S/C29H43N5O5S/c1-18-15-19(2)21(25(36)38-28(3,4)5)16-20(18)22-17-23(33-26(30)32-22)40-14-13-34(9)24(35)11-10-12-31-27(37)39-29(6,7)8/h15-17H,10-14H2,1-9H3,(H,31,37)(H2,30,32,33). The van der Waals surface area contributed by atoms with E-state index < -0.39 is 23.3 Å². The molecule has 0 atom stereocenters. The maximum absolute atomic E-state index is 12.8. The van der Waals surface area contributed by atoms with Gasteiger partial charge in [0.1, 0.15) is 16.2 Å². The normalized spacial score (nSPS) is 11.6. The highest BCUT2D eigenvalue weighted by Crippen LogP contribution is 2.29. The van der Waals surface area contributed by atoms with Crippen LogP contribution in [0.2, 0.25) is 0 Å². The van der Waals surface area contributed by atoms with E-state index >= 15 is 0 Å². The molecule has 2 aromatic rings. The van der Waals surface area contributed by atoms with E-state index in [1.165, 1.54) is 11.8 Å². The number of amides is 2. The van der Waals surface area contributed by atoms with Crippen LogP contribution < -0.4 is 11.1 Å². The SMILES string of the molecule is Cc1cc(C)c(-c2cc(SCCN(C)C(=O)CCCNC(=O)OC(C)(C)C)nc(N)n2)cc1C(=O)OC(C)(C)C. The van der Waals surface area contributed by atoms with Gasteiger partial charge in [0.05, 0.1) is 11.3 Å². The van der Waals surface area contributed by atoms with Crippen LogP contribution in [0, 0.1) is 13.8 Å². The predicted octanol–water partition coefficient (Wildman–Crippen LogP) is 5.15. The number of nitrogen functional groups attached to an aromatic ring is 1. The molecule has 40 heavy (non-hydrogen) atoms. The monoisotopic (exact) mass is 573 g/mol. The van der Waals surface area contributed by atoms with Crippen molar-refractivity contribution < 1.29 is 23.9 Å². The van der Waals surface area contributed by atoms with Crippen molar-refractivity contribution in [1.29, 1.82) is 0 Å². The minimum absolute atomic E-state index is 0.0144. The van der Waals surface area contributed by atoms with Crippen LogP contribution in [0.15, 0.2) is 23.2 Å². The average molecular weight is 574 g/mol. The molecule has 1 heterocycles. The topological polar surface area (TPSA) is 137 Å². The number of aromatic nitrogens is 2. The third-order valence-electron chi connectivity index (χ3n) is 5.52. The van der Waals surface area contributed by atoms with E-state index in [0.29, 0.717) is 48.0 Å². The van der Waals surface area contributed by atoms with Gasteiger partial charge in [-0.3, -0.25) is 4.79 Å². The van der Waals surface area contributed by atoms with Crippen molar-refractivity contribution in [3.05, 3.63) is 34.9 Å². The Balaban J connectivity index is 1.98. The van der Waals surface area contributed by atoms with E-state index in [1.807, 2.05) is 46.8 Å². The van der Waals surface area contributed by atoms with Gasteiger partial charge in [0.2, 0.25) is 11.9 Å². The maximum atomic E-state index is 12.8. The molecule has 0 saturated heterocycles. The summed E-state index contributed by atoms with van der Waals surface area (Å²) in [7, 11) is 1.75. The summed E-state index contributed by atoms with van der Waals surface area (Å²) in [5.41, 5.74) is 8.49. The van der Waals surface area contributed by atoms with Gasteiger partial charge in [-0.1, -0.05) is 6.07 Å². The fourth-order valence-electron chi connectivity index (χ4n) is 3.68. The summed E-state index contributed by atoms with van der Waals surface area (Å²) in [5.74, 6) is 0.320. The lowest BCUT2D eigenvalue weighted by Gasteiger charge is -2.21. The van der Waals surface area contributed by atoms with Crippen molar-refractivity contribution in [3.63, 3.8) is 0 Å². The highest BCUT2D eigenvalue weighted by Gasteiger charge is 2.21. The highest BCUT2D eigenvalue weighted by molar-refractivity contribution is 7.99. The van der Waals surface area contributed by atoms with Gasteiger partial charge in [0, 0.05) is 37.9 Å². The van der Waals surface area contributed by atoms with Gasteiger partial charge in [0.25, 0.3) is 0 Å². The quantitative estimate of drug-likeness (QED) is 0.171. The lowest BCUT2D eigenvalue weighted by molar-refractivity contribution is -0.129. The minimum Gasteiger partial charge on any atom is -0.456 e. The van der Waals surface area contributed by atoms with Crippen LogP contribution in [-0.4, -0.2) is 69.9 Å². The largest absolute Gasteiger partial charge is 0.456 e. The molecule has 0 aliphatic rings. The number of hydrogen-bond acceptors (Lipinski definition) is 9. The lowest BCUT2D eigenvalue weighted by atomic mass is 9.97. The smallest absolute Gasteiger partial charge is 0.407 e. The number of carbonyl (C=O) groups excluding carboxylic acids is 3. The van der Waals surface area contributed by atoms with Crippen LogP contribution in [0.5, 0.6) is 0 Å². The first-order valence-corrected chi connectivity index (χ1v) is 14.3.